The molecule has 0 bridgehead atoms. The molecule has 3 nitrogen and oxygen atoms in total. The zero-order chi connectivity index (χ0) is 12.3. The van der Waals surface area contributed by atoms with E-state index in [-0.39, 0.29) is 7.30 Å². The zero-order valence-corrected chi connectivity index (χ0v) is 14.0. The van der Waals surface area contributed by atoms with Crippen LogP contribution in [0.2, 0.25) is 0 Å². The summed E-state index contributed by atoms with van der Waals surface area (Å²) in [5, 5.41) is 8.02. The molecule has 0 saturated heterocycles. The van der Waals surface area contributed by atoms with Crippen molar-refractivity contribution < 1.29 is 0 Å². The van der Waals surface area contributed by atoms with Crippen LogP contribution in [-0.2, 0) is 6.54 Å². The Balaban J connectivity index is 2.32. The van der Waals surface area contributed by atoms with Crippen molar-refractivity contribution in [2.75, 3.05) is 6.54 Å². The van der Waals surface area contributed by atoms with Gasteiger partial charge >= 0.3 is 0 Å². The summed E-state index contributed by atoms with van der Waals surface area (Å²) in [7, 11) is 6.58. The van der Waals surface area contributed by atoms with E-state index in [1.54, 1.807) is 0 Å². The molecule has 4 atom stereocenters. The lowest BCUT2D eigenvalue weighted by Gasteiger charge is -2.26. The Morgan fingerprint density at radius 1 is 1.59 bits per heavy atom. The number of nitrogens with zero attached hydrogens (tertiary/aromatic N) is 3. The molecular weight excluding hydrogens is 286 g/mol. The Hall–Kier alpha value is 0.340. The van der Waals surface area contributed by atoms with Crippen molar-refractivity contribution in [1.29, 1.82) is 0 Å². The van der Waals surface area contributed by atoms with E-state index < -0.39 is 0 Å². The molecule has 0 saturated carbocycles. The molecule has 0 aromatic carbocycles. The van der Waals surface area contributed by atoms with Crippen molar-refractivity contribution >= 4 is 44.6 Å². The second-order valence-electron chi connectivity index (χ2n) is 3.83. The number of fused-ring (bicyclic) bond motifs is 1. The highest BCUT2D eigenvalue weighted by atomic mass is 32.6. The molecule has 0 aliphatic carbocycles. The summed E-state index contributed by atoms with van der Waals surface area (Å²) in [6, 6.07) is 2.16. The van der Waals surface area contributed by atoms with E-state index in [4.69, 9.17) is 0 Å². The fourth-order valence-corrected chi connectivity index (χ4v) is 5.69. The maximum atomic E-state index is 4.43. The summed E-state index contributed by atoms with van der Waals surface area (Å²) in [5.74, 6) is 0. The quantitative estimate of drug-likeness (QED) is 0.800. The number of hydrogen-bond acceptors (Lipinski definition) is 3. The summed E-state index contributed by atoms with van der Waals surface area (Å²) in [6.07, 6.45) is 4.93. The van der Waals surface area contributed by atoms with Gasteiger partial charge in [-0.1, -0.05) is 14.9 Å². The van der Waals surface area contributed by atoms with Crippen LogP contribution in [0.3, 0.4) is 0 Å². The molecule has 1 aromatic rings. The van der Waals surface area contributed by atoms with E-state index in [1.165, 1.54) is 10.9 Å². The number of pyridine rings is 1. The summed E-state index contributed by atoms with van der Waals surface area (Å²) in [4.78, 5) is 4.41. The fourth-order valence-electron chi connectivity index (χ4n) is 1.82. The standard InChI is InChI=1S/C10H17N3P4/c1-2-5-13-7-8-9(6-12-13)11-4-3-10(8)17(15)16-14/h3-4,6,16H,2,5,7,14-15H2,1H3. The van der Waals surface area contributed by atoms with Gasteiger partial charge in [-0.3, -0.25) is 9.99 Å². The van der Waals surface area contributed by atoms with Crippen LogP contribution < -0.4 is 5.30 Å². The van der Waals surface area contributed by atoms with Gasteiger partial charge in [0.15, 0.2) is 0 Å². The Morgan fingerprint density at radius 3 is 3.12 bits per heavy atom. The van der Waals surface area contributed by atoms with Gasteiger partial charge in [0.1, 0.15) is 0 Å². The van der Waals surface area contributed by atoms with Gasteiger partial charge in [-0.2, -0.15) is 5.10 Å². The van der Waals surface area contributed by atoms with E-state index in [2.05, 4.69) is 45.9 Å². The molecule has 0 spiro atoms. The highest BCUT2D eigenvalue weighted by Gasteiger charge is 2.18. The van der Waals surface area contributed by atoms with Gasteiger partial charge < -0.3 is 0 Å². The number of hydrogen-bond donors (Lipinski definition) is 0. The molecule has 0 fully saturated rings. The lowest BCUT2D eigenvalue weighted by molar-refractivity contribution is 0.277. The molecule has 1 aromatic heterocycles. The van der Waals surface area contributed by atoms with Crippen LogP contribution in [0.5, 0.6) is 0 Å². The molecule has 17 heavy (non-hydrogen) atoms. The first-order valence-electron chi connectivity index (χ1n) is 5.54. The van der Waals surface area contributed by atoms with Crippen LogP contribution in [0.15, 0.2) is 17.4 Å². The van der Waals surface area contributed by atoms with Crippen LogP contribution in [0.25, 0.3) is 0 Å². The van der Waals surface area contributed by atoms with Gasteiger partial charge in [0, 0.05) is 18.3 Å². The molecule has 2 heterocycles. The molecule has 92 valence electrons. The molecule has 0 N–H and O–H groups in total. The number of hydrazone groups is 1. The molecule has 7 heteroatoms. The van der Waals surface area contributed by atoms with Crippen molar-refractivity contribution in [3.8, 4) is 0 Å². The topological polar surface area (TPSA) is 28.5 Å². The lowest BCUT2D eigenvalue weighted by Crippen LogP contribution is -2.27. The van der Waals surface area contributed by atoms with E-state index >= 15 is 0 Å². The molecular formula is C10H17N3P4. The summed E-state index contributed by atoms with van der Waals surface area (Å²) < 4.78 is 0. The SMILES string of the molecule is CCCN1Cc2c(P(P)PP)ccnc2C=N1. The number of aromatic nitrogens is 1. The van der Waals surface area contributed by atoms with Crippen molar-refractivity contribution in [3.05, 3.63) is 23.5 Å². The zero-order valence-electron chi connectivity index (χ0n) is 9.80. The first-order chi connectivity index (χ1) is 8.26. The Kier molecular flexibility index (Phi) is 5.25. The molecule has 2 rings (SSSR count). The van der Waals surface area contributed by atoms with Crippen LogP contribution >= 0.6 is 33.1 Å². The average Bonchev–Trinajstić information content (AvgIpc) is 2.37. The predicted molar refractivity (Wildman–Crippen MR) is 86.8 cm³/mol. The van der Waals surface area contributed by atoms with E-state index in [0.29, 0.717) is 0 Å². The van der Waals surface area contributed by atoms with Gasteiger partial charge in [-0.25, -0.2) is 0 Å². The minimum absolute atomic E-state index is 0.137. The Morgan fingerprint density at radius 2 is 2.41 bits per heavy atom. The van der Waals surface area contributed by atoms with E-state index in [0.717, 1.165) is 33.2 Å². The van der Waals surface area contributed by atoms with Crippen molar-refractivity contribution in [1.82, 2.24) is 9.99 Å². The first kappa shape index (κ1) is 13.8. The minimum Gasteiger partial charge on any atom is -0.292 e. The third kappa shape index (κ3) is 3.21. The monoisotopic (exact) mass is 303 g/mol. The van der Waals surface area contributed by atoms with Crippen LogP contribution in [0.4, 0.5) is 0 Å². The molecule has 1 aliphatic heterocycles. The first-order valence-corrected chi connectivity index (χ1v) is 12.1. The second-order valence-corrected chi connectivity index (χ2v) is 12.9. The van der Waals surface area contributed by atoms with Gasteiger partial charge in [-0.05, 0) is 25.1 Å². The average molecular weight is 303 g/mol. The summed E-state index contributed by atoms with van der Waals surface area (Å²) >= 11 is 0. The van der Waals surface area contributed by atoms with Crippen molar-refractivity contribution in [2.24, 2.45) is 5.10 Å². The molecule has 0 amide bonds. The molecule has 4 unspecified atom stereocenters. The Labute approximate surface area is 110 Å². The summed E-state index contributed by atoms with van der Waals surface area (Å²) in [5.41, 5.74) is 2.42. The van der Waals surface area contributed by atoms with Crippen LogP contribution in [0.1, 0.15) is 24.6 Å². The largest absolute Gasteiger partial charge is 0.292 e. The third-order valence-electron chi connectivity index (χ3n) is 2.63. The van der Waals surface area contributed by atoms with Crippen LogP contribution in [0, 0.1) is 0 Å². The highest BCUT2D eigenvalue weighted by molar-refractivity contribution is 8.63. The maximum absolute atomic E-state index is 4.43. The Bertz CT molecular complexity index is 424. The lowest BCUT2D eigenvalue weighted by atomic mass is 10.1. The normalized spacial score (nSPS) is 16.5. The van der Waals surface area contributed by atoms with E-state index in [9.17, 15) is 0 Å². The van der Waals surface area contributed by atoms with Crippen molar-refractivity contribution in [2.45, 2.75) is 19.9 Å². The molecule has 1 aliphatic rings. The maximum Gasteiger partial charge on any atom is 0.0887 e. The van der Waals surface area contributed by atoms with Gasteiger partial charge in [0.2, 0.25) is 0 Å². The smallest absolute Gasteiger partial charge is 0.0887 e. The highest BCUT2D eigenvalue weighted by Crippen LogP contribution is 2.65. The summed E-state index contributed by atoms with van der Waals surface area (Å²) in [6.45, 7) is 4.11. The van der Waals surface area contributed by atoms with Crippen molar-refractivity contribution in [3.63, 3.8) is 0 Å². The van der Waals surface area contributed by atoms with Gasteiger partial charge in [0.25, 0.3) is 0 Å². The minimum atomic E-state index is -0.137. The van der Waals surface area contributed by atoms with Gasteiger partial charge in [0.05, 0.1) is 18.5 Å². The molecule has 0 radical (unpaired) electrons. The number of rotatable bonds is 4. The van der Waals surface area contributed by atoms with Crippen LogP contribution in [-0.4, -0.2) is 22.8 Å². The third-order valence-corrected chi connectivity index (χ3v) is 12.8. The van der Waals surface area contributed by atoms with Gasteiger partial charge in [-0.15, -0.1) is 17.9 Å². The predicted octanol–water partition coefficient (Wildman–Crippen LogP) is 2.92. The second kappa shape index (κ2) is 6.49. The van der Waals surface area contributed by atoms with E-state index in [1.807, 2.05) is 12.4 Å². The fraction of sp³-hybridized carbons (Fsp3) is 0.400.